The molecule has 0 spiro atoms. The maximum absolute atomic E-state index is 13.2. The summed E-state index contributed by atoms with van der Waals surface area (Å²) in [5.74, 6) is -0.353. The van der Waals surface area contributed by atoms with Crippen LogP contribution in [0.1, 0.15) is 56.1 Å². The van der Waals surface area contributed by atoms with Crippen LogP contribution < -0.4 is 5.32 Å². The predicted octanol–water partition coefficient (Wildman–Crippen LogP) is 6.09. The molecule has 164 valence electrons. The standard InChI is InChI=1S/C29H26N2O2/c1-19-9-12-22(13-10-19)25-15-26(28(32)23-7-5-4-6-8-23)17-27(16-25)29(33)31-21(3)24-14-11-20(2)30-18-24/h4-18,21H,1-3H3,(H,31,33)/t21-/m1/s1. The zero-order chi connectivity index (χ0) is 23.4. The second-order valence-corrected chi connectivity index (χ2v) is 8.29. The molecule has 0 aliphatic carbocycles. The number of aromatic nitrogens is 1. The summed E-state index contributed by atoms with van der Waals surface area (Å²) < 4.78 is 0. The van der Waals surface area contributed by atoms with Crippen LogP contribution in [0.25, 0.3) is 11.1 Å². The first-order valence-electron chi connectivity index (χ1n) is 11.0. The van der Waals surface area contributed by atoms with Crippen molar-refractivity contribution >= 4 is 11.7 Å². The molecule has 4 nitrogen and oxygen atoms in total. The van der Waals surface area contributed by atoms with Gasteiger partial charge < -0.3 is 5.32 Å². The molecule has 33 heavy (non-hydrogen) atoms. The lowest BCUT2D eigenvalue weighted by molar-refractivity contribution is 0.0940. The highest BCUT2D eigenvalue weighted by atomic mass is 16.1. The molecule has 0 unspecified atom stereocenters. The van der Waals surface area contributed by atoms with Gasteiger partial charge in [0.15, 0.2) is 5.78 Å². The van der Waals surface area contributed by atoms with E-state index in [1.165, 1.54) is 0 Å². The molecule has 4 heteroatoms. The highest BCUT2D eigenvalue weighted by molar-refractivity contribution is 6.11. The monoisotopic (exact) mass is 434 g/mol. The van der Waals surface area contributed by atoms with E-state index in [-0.39, 0.29) is 17.7 Å². The van der Waals surface area contributed by atoms with Crippen LogP contribution in [0.15, 0.2) is 91.1 Å². The van der Waals surface area contributed by atoms with Gasteiger partial charge in [0.05, 0.1) is 6.04 Å². The van der Waals surface area contributed by atoms with Gasteiger partial charge in [-0.05, 0) is 61.7 Å². The van der Waals surface area contributed by atoms with Crippen LogP contribution in [-0.2, 0) is 0 Å². The number of amides is 1. The van der Waals surface area contributed by atoms with Gasteiger partial charge in [-0.3, -0.25) is 14.6 Å². The third-order valence-electron chi connectivity index (χ3n) is 5.66. The predicted molar refractivity (Wildman–Crippen MR) is 131 cm³/mol. The lowest BCUT2D eigenvalue weighted by atomic mass is 9.94. The molecule has 1 aromatic heterocycles. The van der Waals surface area contributed by atoms with Crippen LogP contribution in [0.5, 0.6) is 0 Å². The molecule has 0 aliphatic rings. The molecule has 1 atom stereocenters. The normalized spacial score (nSPS) is 11.6. The van der Waals surface area contributed by atoms with Crippen molar-refractivity contribution < 1.29 is 9.59 Å². The quantitative estimate of drug-likeness (QED) is 0.374. The van der Waals surface area contributed by atoms with E-state index in [1.54, 1.807) is 24.4 Å². The second kappa shape index (κ2) is 9.61. The smallest absolute Gasteiger partial charge is 0.251 e. The fourth-order valence-corrected chi connectivity index (χ4v) is 3.66. The van der Waals surface area contributed by atoms with Crippen molar-refractivity contribution in [3.8, 4) is 11.1 Å². The van der Waals surface area contributed by atoms with Crippen molar-refractivity contribution in [3.05, 3.63) is 125 Å². The first-order chi connectivity index (χ1) is 15.9. The number of nitrogens with one attached hydrogen (secondary N) is 1. The summed E-state index contributed by atoms with van der Waals surface area (Å²) in [7, 11) is 0. The van der Waals surface area contributed by atoms with E-state index in [4.69, 9.17) is 0 Å². The van der Waals surface area contributed by atoms with Crippen molar-refractivity contribution in [2.75, 3.05) is 0 Å². The Balaban J connectivity index is 1.70. The van der Waals surface area contributed by atoms with Crippen molar-refractivity contribution in [3.63, 3.8) is 0 Å². The maximum atomic E-state index is 13.2. The van der Waals surface area contributed by atoms with Crippen molar-refractivity contribution in [2.24, 2.45) is 0 Å². The van der Waals surface area contributed by atoms with Crippen molar-refractivity contribution in [2.45, 2.75) is 26.8 Å². The fraction of sp³-hybridized carbons (Fsp3) is 0.138. The molecule has 4 aromatic rings. The summed E-state index contributed by atoms with van der Waals surface area (Å²) in [6.45, 7) is 5.87. The molecule has 0 fully saturated rings. The summed E-state index contributed by atoms with van der Waals surface area (Å²) in [5, 5.41) is 3.04. The Labute approximate surface area is 194 Å². The van der Waals surface area contributed by atoms with Gasteiger partial charge in [0, 0.05) is 28.6 Å². The van der Waals surface area contributed by atoms with E-state index in [9.17, 15) is 9.59 Å². The summed E-state index contributed by atoms with van der Waals surface area (Å²) in [4.78, 5) is 30.7. The average Bonchev–Trinajstić information content (AvgIpc) is 2.84. The summed E-state index contributed by atoms with van der Waals surface area (Å²) >= 11 is 0. The van der Waals surface area contributed by atoms with Gasteiger partial charge in [-0.25, -0.2) is 0 Å². The molecule has 1 N–H and O–H groups in total. The van der Waals surface area contributed by atoms with Gasteiger partial charge in [0.2, 0.25) is 0 Å². The molecule has 0 saturated carbocycles. The number of carbonyl (C=O) groups is 2. The van der Waals surface area contributed by atoms with Crippen LogP contribution in [0.4, 0.5) is 0 Å². The molecule has 0 saturated heterocycles. The molecular formula is C29H26N2O2. The number of hydrogen-bond acceptors (Lipinski definition) is 3. The molecule has 1 heterocycles. The van der Waals surface area contributed by atoms with Gasteiger partial charge in [0.25, 0.3) is 5.91 Å². The fourth-order valence-electron chi connectivity index (χ4n) is 3.66. The van der Waals surface area contributed by atoms with Crippen molar-refractivity contribution in [1.29, 1.82) is 0 Å². The summed E-state index contributed by atoms with van der Waals surface area (Å²) in [5.41, 5.74) is 6.28. The molecule has 0 bridgehead atoms. The first-order valence-corrected chi connectivity index (χ1v) is 11.0. The van der Waals surface area contributed by atoms with Crippen LogP contribution in [-0.4, -0.2) is 16.7 Å². The number of rotatable bonds is 6. The zero-order valence-electron chi connectivity index (χ0n) is 19.0. The van der Waals surface area contributed by atoms with Gasteiger partial charge in [-0.2, -0.15) is 0 Å². The molecular weight excluding hydrogens is 408 g/mol. The Morgan fingerprint density at radius 3 is 2.12 bits per heavy atom. The van der Waals surface area contributed by atoms with E-state index < -0.39 is 0 Å². The Kier molecular flexibility index (Phi) is 6.45. The van der Waals surface area contributed by atoms with E-state index in [0.717, 1.165) is 27.9 Å². The highest BCUT2D eigenvalue weighted by Gasteiger charge is 2.17. The van der Waals surface area contributed by atoms with Gasteiger partial charge >= 0.3 is 0 Å². The third-order valence-corrected chi connectivity index (χ3v) is 5.66. The SMILES string of the molecule is Cc1ccc(-c2cc(C(=O)N[C@H](C)c3ccc(C)nc3)cc(C(=O)c3ccccc3)c2)cc1. The lowest BCUT2D eigenvalue weighted by Crippen LogP contribution is -2.27. The van der Waals surface area contributed by atoms with E-state index in [1.807, 2.05) is 87.5 Å². The molecule has 4 rings (SSSR count). The molecule has 3 aromatic carbocycles. The molecule has 0 aliphatic heterocycles. The van der Waals surface area contributed by atoms with Crippen molar-refractivity contribution in [1.82, 2.24) is 10.3 Å². The third kappa shape index (κ3) is 5.24. The van der Waals surface area contributed by atoms with E-state index in [2.05, 4.69) is 10.3 Å². The van der Waals surface area contributed by atoms with Gasteiger partial charge in [-0.1, -0.05) is 66.2 Å². The Bertz CT molecular complexity index is 1280. The largest absolute Gasteiger partial charge is 0.345 e. The number of benzene rings is 3. The number of hydrogen-bond donors (Lipinski definition) is 1. The minimum Gasteiger partial charge on any atom is -0.345 e. The topological polar surface area (TPSA) is 59.1 Å². The molecule has 0 radical (unpaired) electrons. The van der Waals surface area contributed by atoms with Crippen LogP contribution in [0.2, 0.25) is 0 Å². The number of aryl methyl sites for hydroxylation is 2. The number of ketones is 1. The number of nitrogens with zero attached hydrogens (tertiary/aromatic N) is 1. The Hall–Kier alpha value is -4.05. The number of pyridine rings is 1. The van der Waals surface area contributed by atoms with Crippen LogP contribution >= 0.6 is 0 Å². The summed E-state index contributed by atoms with van der Waals surface area (Å²) in [6.07, 6.45) is 1.77. The second-order valence-electron chi connectivity index (χ2n) is 8.29. The van der Waals surface area contributed by atoms with Crippen LogP contribution in [0, 0.1) is 13.8 Å². The molecule has 1 amide bonds. The van der Waals surface area contributed by atoms with E-state index in [0.29, 0.717) is 16.7 Å². The van der Waals surface area contributed by atoms with Crippen LogP contribution in [0.3, 0.4) is 0 Å². The summed E-state index contributed by atoms with van der Waals surface area (Å²) in [6, 6.07) is 26.2. The maximum Gasteiger partial charge on any atom is 0.251 e. The lowest BCUT2D eigenvalue weighted by Gasteiger charge is -2.16. The number of carbonyl (C=O) groups excluding carboxylic acids is 2. The zero-order valence-corrected chi connectivity index (χ0v) is 19.0. The average molecular weight is 435 g/mol. The minimum absolute atomic E-state index is 0.116. The highest BCUT2D eigenvalue weighted by Crippen LogP contribution is 2.25. The van der Waals surface area contributed by atoms with Gasteiger partial charge in [0.1, 0.15) is 0 Å². The van der Waals surface area contributed by atoms with E-state index >= 15 is 0 Å². The van der Waals surface area contributed by atoms with Gasteiger partial charge in [-0.15, -0.1) is 0 Å². The Morgan fingerprint density at radius 1 is 0.758 bits per heavy atom. The Morgan fingerprint density at radius 2 is 1.45 bits per heavy atom. The first kappa shape index (κ1) is 22.2. The minimum atomic E-state index is -0.237.